The third kappa shape index (κ3) is 4.35. The molecule has 0 unspecified atom stereocenters. The van der Waals surface area contributed by atoms with E-state index < -0.39 is 12.1 Å². The van der Waals surface area contributed by atoms with Gasteiger partial charge in [-0.2, -0.15) is 0 Å². The molecule has 0 aliphatic carbocycles. The number of thiazole rings is 1. The van der Waals surface area contributed by atoms with Gasteiger partial charge in [-0.05, 0) is 6.07 Å². The van der Waals surface area contributed by atoms with E-state index in [0.29, 0.717) is 16.6 Å². The minimum Gasteiger partial charge on any atom is -0.494 e. The van der Waals surface area contributed by atoms with Crippen LogP contribution in [0.3, 0.4) is 0 Å². The molecule has 1 aromatic heterocycles. The van der Waals surface area contributed by atoms with E-state index in [-0.39, 0.29) is 5.69 Å². The highest BCUT2D eigenvalue weighted by Crippen LogP contribution is 2.52. The van der Waals surface area contributed by atoms with Crippen molar-refractivity contribution in [2.24, 2.45) is 4.74 Å². The maximum atomic E-state index is 11.4. The molecule has 31 heavy (non-hydrogen) atoms. The van der Waals surface area contributed by atoms with Gasteiger partial charge in [-0.1, -0.05) is 60.7 Å². The fourth-order valence-corrected chi connectivity index (χ4v) is 6.99. The monoisotopic (exact) mass is 450 g/mol. The van der Waals surface area contributed by atoms with E-state index >= 15 is 0 Å². The molecule has 156 valence electrons. The third-order valence-electron chi connectivity index (χ3n) is 4.58. The van der Waals surface area contributed by atoms with Gasteiger partial charge in [0.1, 0.15) is 18.6 Å². The SMILES string of the molecule is COc1ccc([N+](=O)[O-])cc1N=P(Nc1nccs1)(c1ccccc1)c1ccccc1. The average Bonchev–Trinajstić information content (AvgIpc) is 3.32. The normalized spacial score (nSPS) is 11.0. The molecule has 3 aromatic carbocycles. The van der Waals surface area contributed by atoms with Crippen LogP contribution >= 0.6 is 18.5 Å². The van der Waals surface area contributed by atoms with Crippen molar-refractivity contribution in [2.75, 3.05) is 12.2 Å². The van der Waals surface area contributed by atoms with Crippen LogP contribution < -0.4 is 20.4 Å². The van der Waals surface area contributed by atoms with Gasteiger partial charge in [0, 0.05) is 34.3 Å². The first-order chi connectivity index (χ1) is 15.1. The molecule has 0 aliphatic rings. The number of anilines is 1. The second-order valence-corrected chi connectivity index (χ2v) is 10.1. The summed E-state index contributed by atoms with van der Waals surface area (Å²) in [5.41, 5.74) is 0.356. The van der Waals surface area contributed by atoms with E-state index in [1.54, 1.807) is 12.3 Å². The number of ether oxygens (including phenoxy) is 1. The maximum absolute atomic E-state index is 11.4. The molecule has 0 atom stereocenters. The van der Waals surface area contributed by atoms with E-state index in [0.717, 1.165) is 10.6 Å². The fourth-order valence-electron chi connectivity index (χ4n) is 3.15. The summed E-state index contributed by atoms with van der Waals surface area (Å²) < 4.78 is 10.7. The fraction of sp³-hybridized carbons (Fsp3) is 0.0455. The van der Waals surface area contributed by atoms with E-state index in [4.69, 9.17) is 9.48 Å². The number of hydrogen-bond donors (Lipinski definition) is 1. The molecule has 0 amide bonds. The standard InChI is InChI=1S/C22H19N4O3PS/c1-29-21-13-12-17(26(27)28)16-20(21)24-30(18-8-4-2-5-9-18,19-10-6-3-7-11-19)25-22-23-14-15-31-22/h2-16H,1H3,(H,23,25). The van der Waals surface area contributed by atoms with Crippen LogP contribution in [-0.4, -0.2) is 17.0 Å². The van der Waals surface area contributed by atoms with E-state index in [1.807, 2.05) is 66.0 Å². The molecule has 0 radical (unpaired) electrons. The highest BCUT2D eigenvalue weighted by molar-refractivity contribution is 7.82. The van der Waals surface area contributed by atoms with Gasteiger partial charge in [0.05, 0.1) is 12.0 Å². The zero-order chi connectivity index (χ0) is 21.7. The van der Waals surface area contributed by atoms with Gasteiger partial charge in [-0.3, -0.25) is 10.1 Å². The van der Waals surface area contributed by atoms with Gasteiger partial charge >= 0.3 is 0 Å². The Hall–Kier alpha value is -3.48. The van der Waals surface area contributed by atoms with Crippen LogP contribution in [0.2, 0.25) is 0 Å². The summed E-state index contributed by atoms with van der Waals surface area (Å²) in [5.74, 6) is 0.461. The van der Waals surface area contributed by atoms with Crippen molar-refractivity contribution in [3.63, 3.8) is 0 Å². The highest BCUT2D eigenvalue weighted by atomic mass is 32.1. The maximum Gasteiger partial charge on any atom is 0.271 e. The predicted octanol–water partition coefficient (Wildman–Crippen LogP) is 5.57. The van der Waals surface area contributed by atoms with Crippen LogP contribution in [-0.2, 0) is 0 Å². The Labute approximate surface area is 183 Å². The summed E-state index contributed by atoms with van der Waals surface area (Å²) in [4.78, 5) is 15.4. The molecule has 1 N–H and O–H groups in total. The first-order valence-corrected chi connectivity index (χ1v) is 12.0. The summed E-state index contributed by atoms with van der Waals surface area (Å²) in [5, 5.41) is 19.5. The number of nitrogens with one attached hydrogen (secondary N) is 1. The molecule has 9 heteroatoms. The van der Waals surface area contributed by atoms with Crippen LogP contribution in [0.4, 0.5) is 16.5 Å². The van der Waals surface area contributed by atoms with Gasteiger partial charge in [-0.15, -0.1) is 11.3 Å². The number of non-ortho nitro benzene ring substituents is 1. The zero-order valence-electron chi connectivity index (χ0n) is 16.6. The lowest BCUT2D eigenvalue weighted by atomic mass is 10.2. The average molecular weight is 450 g/mol. The van der Waals surface area contributed by atoms with Crippen molar-refractivity contribution >= 4 is 45.7 Å². The topological polar surface area (TPSA) is 89.7 Å². The molecule has 7 nitrogen and oxygen atoms in total. The Kier molecular flexibility index (Phi) is 6.11. The molecule has 0 saturated carbocycles. The Morgan fingerprint density at radius 3 is 2.19 bits per heavy atom. The number of hydrogen-bond acceptors (Lipinski definition) is 6. The van der Waals surface area contributed by atoms with Crippen LogP contribution in [0.1, 0.15) is 0 Å². The van der Waals surface area contributed by atoms with Crippen molar-refractivity contribution in [1.82, 2.24) is 4.98 Å². The van der Waals surface area contributed by atoms with Crippen molar-refractivity contribution in [2.45, 2.75) is 0 Å². The molecule has 0 spiro atoms. The van der Waals surface area contributed by atoms with E-state index in [2.05, 4.69) is 10.1 Å². The number of nitro benzene ring substituents is 1. The molecule has 0 aliphatic heterocycles. The molecule has 1 heterocycles. The molecule has 4 aromatic rings. The van der Waals surface area contributed by atoms with Gasteiger partial charge in [-0.25, -0.2) is 9.73 Å². The second-order valence-electron chi connectivity index (χ2n) is 6.47. The van der Waals surface area contributed by atoms with Crippen molar-refractivity contribution in [3.05, 3.63) is 101 Å². The number of methoxy groups -OCH3 is 1. The minimum absolute atomic E-state index is 0.0481. The molecule has 4 rings (SSSR count). The smallest absolute Gasteiger partial charge is 0.271 e. The van der Waals surface area contributed by atoms with Gasteiger partial charge in [0.2, 0.25) is 0 Å². The van der Waals surface area contributed by atoms with Crippen molar-refractivity contribution in [3.8, 4) is 5.75 Å². The van der Waals surface area contributed by atoms with Crippen LogP contribution in [0, 0.1) is 10.1 Å². The predicted molar refractivity (Wildman–Crippen MR) is 127 cm³/mol. The number of nitrogens with zero attached hydrogens (tertiary/aromatic N) is 3. The molecular formula is C22H19N4O3PS. The zero-order valence-corrected chi connectivity index (χ0v) is 18.3. The summed E-state index contributed by atoms with van der Waals surface area (Å²) in [6, 6.07) is 24.2. The lowest BCUT2D eigenvalue weighted by Crippen LogP contribution is -2.22. The molecule has 0 fully saturated rings. The Morgan fingerprint density at radius 2 is 1.68 bits per heavy atom. The quantitative estimate of drug-likeness (QED) is 0.226. The molecule has 0 bridgehead atoms. The molecular weight excluding hydrogens is 431 g/mol. The Balaban J connectivity index is 2.07. The summed E-state index contributed by atoms with van der Waals surface area (Å²) in [6.07, 6.45) is 1.73. The number of aromatic nitrogens is 1. The van der Waals surface area contributed by atoms with Crippen molar-refractivity contribution < 1.29 is 9.66 Å². The lowest BCUT2D eigenvalue weighted by molar-refractivity contribution is -0.384. The largest absolute Gasteiger partial charge is 0.494 e. The van der Waals surface area contributed by atoms with E-state index in [1.165, 1.54) is 30.6 Å². The second kappa shape index (κ2) is 9.12. The first kappa shape index (κ1) is 20.8. The lowest BCUT2D eigenvalue weighted by Gasteiger charge is -2.27. The minimum atomic E-state index is -2.68. The number of rotatable bonds is 7. The van der Waals surface area contributed by atoms with Crippen LogP contribution in [0.25, 0.3) is 0 Å². The van der Waals surface area contributed by atoms with Gasteiger partial charge in [0.25, 0.3) is 5.69 Å². The number of benzene rings is 3. The summed E-state index contributed by atoms with van der Waals surface area (Å²) >= 11 is 1.47. The van der Waals surface area contributed by atoms with Gasteiger partial charge in [0.15, 0.2) is 5.13 Å². The van der Waals surface area contributed by atoms with Crippen LogP contribution in [0.15, 0.2) is 95.2 Å². The van der Waals surface area contributed by atoms with E-state index in [9.17, 15) is 10.1 Å². The summed E-state index contributed by atoms with van der Waals surface area (Å²) in [6.45, 7) is 0. The van der Waals surface area contributed by atoms with Crippen LogP contribution in [0.5, 0.6) is 5.75 Å². The first-order valence-electron chi connectivity index (χ1n) is 9.36. The third-order valence-corrected chi connectivity index (χ3v) is 8.56. The van der Waals surface area contributed by atoms with Gasteiger partial charge < -0.3 is 9.82 Å². The van der Waals surface area contributed by atoms with Crippen molar-refractivity contribution in [1.29, 1.82) is 0 Å². The highest BCUT2D eigenvalue weighted by Gasteiger charge is 2.27. The number of nitro groups is 1. The summed E-state index contributed by atoms with van der Waals surface area (Å²) in [7, 11) is -1.15. The molecule has 0 saturated heterocycles. The Bertz CT molecular complexity index is 1190. The Morgan fingerprint density at radius 1 is 1.03 bits per heavy atom.